The van der Waals surface area contributed by atoms with Crippen LogP contribution in [0.1, 0.15) is 17.5 Å². The van der Waals surface area contributed by atoms with E-state index in [1.54, 1.807) is 24.3 Å². The first kappa shape index (κ1) is 17.6. The maximum absolute atomic E-state index is 12.2. The lowest BCUT2D eigenvalue weighted by Crippen LogP contribution is -2.15. The molecule has 0 spiro atoms. The minimum Gasteiger partial charge on any atom is -0.326 e. The zero-order valence-electron chi connectivity index (χ0n) is 14.2. The third-order valence-electron chi connectivity index (χ3n) is 3.87. The highest BCUT2D eigenvalue weighted by atomic mass is 32.1. The van der Waals surface area contributed by atoms with Gasteiger partial charge in [0.2, 0.25) is 5.91 Å². The summed E-state index contributed by atoms with van der Waals surface area (Å²) in [6.45, 7) is 2.42. The molecule has 7 heteroatoms. The summed E-state index contributed by atoms with van der Waals surface area (Å²) in [4.78, 5) is 12.2. The largest absolute Gasteiger partial charge is 0.326 e. The summed E-state index contributed by atoms with van der Waals surface area (Å²) in [6.07, 6.45) is 0.240. The van der Waals surface area contributed by atoms with E-state index < -0.39 is 0 Å². The van der Waals surface area contributed by atoms with Crippen molar-refractivity contribution in [3.63, 3.8) is 0 Å². The molecule has 2 N–H and O–H groups in total. The van der Waals surface area contributed by atoms with Crippen LogP contribution in [0.3, 0.4) is 0 Å². The number of aryl methyl sites for hydroxylation is 1. The van der Waals surface area contributed by atoms with Gasteiger partial charge >= 0.3 is 0 Å². The number of benzene rings is 2. The number of carbonyl (C=O) groups is 1. The molecule has 0 saturated carbocycles. The maximum atomic E-state index is 12.2. The molecular formula is C19H17N5OS. The minimum atomic E-state index is -0.154. The Morgan fingerprint density at radius 1 is 1.31 bits per heavy atom. The third kappa shape index (κ3) is 4.05. The molecule has 1 amide bonds. The summed E-state index contributed by atoms with van der Waals surface area (Å²) in [5.74, 6) is 0.552. The molecule has 0 radical (unpaired) electrons. The van der Waals surface area contributed by atoms with Crippen LogP contribution >= 0.6 is 12.2 Å². The second-order valence-corrected chi connectivity index (χ2v) is 6.25. The molecule has 26 heavy (non-hydrogen) atoms. The molecule has 0 unspecified atom stereocenters. The lowest BCUT2D eigenvalue weighted by molar-refractivity contribution is -0.116. The molecule has 1 heterocycles. The van der Waals surface area contributed by atoms with Gasteiger partial charge in [-0.25, -0.2) is 0 Å². The van der Waals surface area contributed by atoms with Crippen LogP contribution < -0.4 is 5.32 Å². The molecule has 130 valence electrons. The van der Waals surface area contributed by atoms with E-state index in [9.17, 15) is 4.79 Å². The molecular weight excluding hydrogens is 346 g/mol. The Labute approximate surface area is 156 Å². The number of carbonyl (C=O) groups excluding carboxylic acids is 1. The van der Waals surface area contributed by atoms with E-state index in [4.69, 9.17) is 17.5 Å². The van der Waals surface area contributed by atoms with Crippen LogP contribution in [0.5, 0.6) is 0 Å². The number of amides is 1. The SMILES string of the molecule is Cc1cccc(-c2n[nH]c(=S)n2CCC(=O)Nc2cccc(C#N)c2)c1. The van der Waals surface area contributed by atoms with Crippen molar-refractivity contribution in [1.82, 2.24) is 14.8 Å². The summed E-state index contributed by atoms with van der Waals surface area (Å²) >= 11 is 5.30. The average Bonchev–Trinajstić information content (AvgIpc) is 3.01. The van der Waals surface area contributed by atoms with Crippen molar-refractivity contribution in [3.05, 3.63) is 64.4 Å². The number of aromatic nitrogens is 3. The van der Waals surface area contributed by atoms with Gasteiger partial charge in [0.25, 0.3) is 0 Å². The van der Waals surface area contributed by atoms with Crippen molar-refractivity contribution >= 4 is 23.8 Å². The number of hydrogen-bond acceptors (Lipinski definition) is 4. The van der Waals surface area contributed by atoms with Crippen LogP contribution in [0.15, 0.2) is 48.5 Å². The van der Waals surface area contributed by atoms with Crippen LogP contribution in [-0.4, -0.2) is 20.7 Å². The van der Waals surface area contributed by atoms with Crippen molar-refractivity contribution in [2.45, 2.75) is 19.9 Å². The predicted octanol–water partition coefficient (Wildman–Crippen LogP) is 3.82. The van der Waals surface area contributed by atoms with E-state index in [0.717, 1.165) is 11.1 Å². The Bertz CT molecular complexity index is 1040. The Balaban J connectivity index is 1.72. The molecule has 0 aliphatic heterocycles. The Hall–Kier alpha value is -3.24. The van der Waals surface area contributed by atoms with Crippen molar-refractivity contribution in [3.8, 4) is 17.5 Å². The smallest absolute Gasteiger partial charge is 0.226 e. The van der Waals surface area contributed by atoms with Gasteiger partial charge in [-0.2, -0.15) is 10.4 Å². The first-order valence-corrected chi connectivity index (χ1v) is 8.50. The molecule has 1 aromatic heterocycles. The number of hydrogen-bond donors (Lipinski definition) is 2. The minimum absolute atomic E-state index is 0.154. The van der Waals surface area contributed by atoms with E-state index in [1.165, 1.54) is 0 Å². The zero-order chi connectivity index (χ0) is 18.5. The van der Waals surface area contributed by atoms with Gasteiger partial charge in [0, 0.05) is 24.2 Å². The lowest BCUT2D eigenvalue weighted by Gasteiger charge is -2.08. The molecule has 0 bridgehead atoms. The third-order valence-corrected chi connectivity index (χ3v) is 4.18. The molecule has 0 aliphatic rings. The highest BCUT2D eigenvalue weighted by Crippen LogP contribution is 2.19. The summed E-state index contributed by atoms with van der Waals surface area (Å²) in [5.41, 5.74) is 3.17. The standard InChI is InChI=1S/C19H17N5OS/c1-13-4-2-6-15(10-13)18-22-23-19(26)24(18)9-8-17(25)21-16-7-3-5-14(11-16)12-20/h2-7,10-11H,8-9H2,1H3,(H,21,25)(H,23,26). The van der Waals surface area contributed by atoms with Crippen molar-refractivity contribution in [2.75, 3.05) is 5.32 Å². The molecule has 2 aromatic carbocycles. The number of nitrogens with one attached hydrogen (secondary N) is 2. The molecule has 3 aromatic rings. The first-order chi connectivity index (χ1) is 12.6. The fourth-order valence-corrected chi connectivity index (χ4v) is 2.86. The molecule has 0 aliphatic carbocycles. The molecule has 0 fully saturated rings. The summed E-state index contributed by atoms with van der Waals surface area (Å²) in [6, 6.07) is 16.8. The van der Waals surface area contributed by atoms with Crippen molar-refractivity contribution in [2.24, 2.45) is 0 Å². The van der Waals surface area contributed by atoms with E-state index in [1.807, 2.05) is 35.8 Å². The zero-order valence-corrected chi connectivity index (χ0v) is 15.0. The van der Waals surface area contributed by atoms with Gasteiger partial charge in [-0.05, 0) is 43.4 Å². The Kier molecular flexibility index (Phi) is 5.25. The van der Waals surface area contributed by atoms with Crippen LogP contribution in [-0.2, 0) is 11.3 Å². The summed E-state index contributed by atoms with van der Waals surface area (Å²) in [5, 5.41) is 18.8. The van der Waals surface area contributed by atoms with Crippen LogP contribution in [0.4, 0.5) is 5.69 Å². The number of rotatable bonds is 5. The Morgan fingerprint density at radius 3 is 2.88 bits per heavy atom. The van der Waals surface area contributed by atoms with E-state index >= 15 is 0 Å². The Morgan fingerprint density at radius 2 is 2.12 bits per heavy atom. The van der Waals surface area contributed by atoms with Crippen LogP contribution in [0, 0.1) is 23.0 Å². The topological polar surface area (TPSA) is 86.5 Å². The highest BCUT2D eigenvalue weighted by molar-refractivity contribution is 7.71. The van der Waals surface area contributed by atoms with Gasteiger partial charge in [0.15, 0.2) is 10.6 Å². The van der Waals surface area contributed by atoms with Gasteiger partial charge < -0.3 is 5.32 Å². The number of aromatic amines is 1. The van der Waals surface area contributed by atoms with Crippen molar-refractivity contribution < 1.29 is 4.79 Å². The number of anilines is 1. The normalized spacial score (nSPS) is 10.3. The fourth-order valence-electron chi connectivity index (χ4n) is 2.63. The highest BCUT2D eigenvalue weighted by Gasteiger charge is 2.11. The van der Waals surface area contributed by atoms with E-state index in [2.05, 4.69) is 21.6 Å². The molecule has 3 rings (SSSR count). The van der Waals surface area contributed by atoms with Gasteiger partial charge in [0.05, 0.1) is 11.6 Å². The lowest BCUT2D eigenvalue weighted by atomic mass is 10.1. The van der Waals surface area contributed by atoms with Gasteiger partial charge in [-0.3, -0.25) is 14.5 Å². The van der Waals surface area contributed by atoms with Gasteiger partial charge in [-0.15, -0.1) is 0 Å². The number of H-pyrrole nitrogens is 1. The van der Waals surface area contributed by atoms with Crippen molar-refractivity contribution in [1.29, 1.82) is 5.26 Å². The van der Waals surface area contributed by atoms with Crippen LogP contribution in [0.2, 0.25) is 0 Å². The average molecular weight is 363 g/mol. The quantitative estimate of drug-likeness (QED) is 0.675. The predicted molar refractivity (Wildman–Crippen MR) is 102 cm³/mol. The molecule has 6 nitrogen and oxygen atoms in total. The van der Waals surface area contributed by atoms with E-state index in [0.29, 0.717) is 28.4 Å². The maximum Gasteiger partial charge on any atom is 0.226 e. The second-order valence-electron chi connectivity index (χ2n) is 5.86. The van der Waals surface area contributed by atoms with E-state index in [-0.39, 0.29) is 12.3 Å². The summed E-state index contributed by atoms with van der Waals surface area (Å²) in [7, 11) is 0. The van der Waals surface area contributed by atoms with Gasteiger partial charge in [-0.1, -0.05) is 29.8 Å². The number of nitriles is 1. The second kappa shape index (κ2) is 7.76. The van der Waals surface area contributed by atoms with Crippen LogP contribution in [0.25, 0.3) is 11.4 Å². The fraction of sp³-hybridized carbons (Fsp3) is 0.158. The number of nitrogens with zero attached hydrogens (tertiary/aromatic N) is 3. The summed E-state index contributed by atoms with van der Waals surface area (Å²) < 4.78 is 2.29. The molecule has 0 atom stereocenters. The molecule has 0 saturated heterocycles. The first-order valence-electron chi connectivity index (χ1n) is 8.09. The van der Waals surface area contributed by atoms with Gasteiger partial charge in [0.1, 0.15) is 0 Å². The monoisotopic (exact) mass is 363 g/mol.